The molecule has 15 heavy (non-hydrogen) atoms. The maximum atomic E-state index is 11.2. The highest BCUT2D eigenvalue weighted by molar-refractivity contribution is 7.10. The zero-order valence-corrected chi connectivity index (χ0v) is 9.26. The summed E-state index contributed by atoms with van der Waals surface area (Å²) in [5.41, 5.74) is -0.0634. The van der Waals surface area contributed by atoms with Gasteiger partial charge in [0, 0.05) is 29.8 Å². The molecule has 0 aliphatic carbocycles. The van der Waals surface area contributed by atoms with E-state index >= 15 is 0 Å². The molecule has 1 fully saturated rings. The largest absolute Gasteiger partial charge is 0.465 e. The number of methoxy groups -OCH3 is 1. The number of β-amino-alcohol motifs (C(OH)–C–C–N with tert-alkyl or cyclic N) is 1. The van der Waals surface area contributed by atoms with Crippen molar-refractivity contribution in [1.29, 1.82) is 0 Å². The molecule has 0 radical (unpaired) electrons. The third-order valence-corrected chi connectivity index (χ3v) is 3.42. The van der Waals surface area contributed by atoms with Crippen LogP contribution >= 0.6 is 11.3 Å². The van der Waals surface area contributed by atoms with Crippen LogP contribution in [0, 0.1) is 0 Å². The highest BCUT2D eigenvalue weighted by Crippen LogP contribution is 2.23. The number of thiophene rings is 1. The van der Waals surface area contributed by atoms with Gasteiger partial charge in [0.2, 0.25) is 0 Å². The first kappa shape index (κ1) is 10.6. The van der Waals surface area contributed by atoms with Gasteiger partial charge in [-0.05, 0) is 6.07 Å². The summed E-state index contributed by atoms with van der Waals surface area (Å²) in [5.74, 6) is -0.323. The molecule has 2 heterocycles. The highest BCUT2D eigenvalue weighted by Gasteiger charge is 2.34. The summed E-state index contributed by atoms with van der Waals surface area (Å²) >= 11 is 1.48. The molecule has 1 aromatic heterocycles. The van der Waals surface area contributed by atoms with Crippen molar-refractivity contribution in [3.63, 3.8) is 0 Å². The van der Waals surface area contributed by atoms with Crippen molar-refractivity contribution in [2.45, 2.75) is 12.0 Å². The zero-order valence-electron chi connectivity index (χ0n) is 8.45. The number of hydrogen-bond acceptors (Lipinski definition) is 5. The van der Waals surface area contributed by atoms with Crippen molar-refractivity contribution in [2.75, 3.05) is 20.2 Å². The van der Waals surface area contributed by atoms with Crippen molar-refractivity contribution < 1.29 is 14.6 Å². The quantitative estimate of drug-likeness (QED) is 0.734. The minimum atomic E-state index is -0.627. The fourth-order valence-electron chi connectivity index (χ4n) is 1.56. The monoisotopic (exact) mass is 227 g/mol. The molecule has 1 aliphatic rings. The van der Waals surface area contributed by atoms with E-state index in [0.717, 1.165) is 4.88 Å². The molecule has 82 valence electrons. The summed E-state index contributed by atoms with van der Waals surface area (Å²) in [6.07, 6.45) is 0.599. The molecule has 0 amide bonds. The van der Waals surface area contributed by atoms with Gasteiger partial charge in [-0.15, -0.1) is 11.3 Å². The van der Waals surface area contributed by atoms with Crippen molar-refractivity contribution in [3.05, 3.63) is 21.9 Å². The van der Waals surface area contributed by atoms with Crippen molar-refractivity contribution in [3.8, 4) is 0 Å². The van der Waals surface area contributed by atoms with Crippen LogP contribution in [0.5, 0.6) is 0 Å². The smallest absolute Gasteiger partial charge is 0.338 e. The van der Waals surface area contributed by atoms with Crippen LogP contribution in [0.4, 0.5) is 0 Å². The van der Waals surface area contributed by atoms with Gasteiger partial charge in [0.25, 0.3) is 0 Å². The lowest BCUT2D eigenvalue weighted by molar-refractivity contribution is -0.00836. The van der Waals surface area contributed by atoms with Gasteiger partial charge in [0.1, 0.15) is 0 Å². The molecule has 2 rings (SSSR count). The third-order valence-electron chi connectivity index (χ3n) is 2.49. The van der Waals surface area contributed by atoms with Crippen molar-refractivity contribution in [2.24, 2.45) is 0 Å². The maximum absolute atomic E-state index is 11.2. The first-order valence-corrected chi connectivity index (χ1v) is 5.60. The number of hydrogen-bond donors (Lipinski definition) is 2. The Morgan fingerprint density at radius 2 is 2.47 bits per heavy atom. The van der Waals surface area contributed by atoms with Gasteiger partial charge in [-0.2, -0.15) is 0 Å². The fourth-order valence-corrected chi connectivity index (χ4v) is 2.55. The van der Waals surface area contributed by atoms with Gasteiger partial charge in [0.15, 0.2) is 0 Å². The lowest BCUT2D eigenvalue weighted by Gasteiger charge is -2.37. The second-order valence-electron chi connectivity index (χ2n) is 3.80. The zero-order chi connectivity index (χ0) is 10.9. The Balaban J connectivity index is 2.04. The lowest BCUT2D eigenvalue weighted by Crippen LogP contribution is -2.60. The van der Waals surface area contributed by atoms with E-state index in [1.807, 2.05) is 0 Å². The summed E-state index contributed by atoms with van der Waals surface area (Å²) in [6, 6.07) is 1.78. The minimum Gasteiger partial charge on any atom is -0.465 e. The number of rotatable bonds is 3. The lowest BCUT2D eigenvalue weighted by atomic mass is 9.92. The highest BCUT2D eigenvalue weighted by atomic mass is 32.1. The predicted octanol–water partition coefficient (Wildman–Crippen LogP) is 0.412. The molecular formula is C10H13NO3S. The molecule has 1 aliphatic heterocycles. The molecule has 2 N–H and O–H groups in total. The van der Waals surface area contributed by atoms with E-state index in [1.165, 1.54) is 18.4 Å². The van der Waals surface area contributed by atoms with E-state index in [0.29, 0.717) is 25.1 Å². The van der Waals surface area contributed by atoms with Crippen LogP contribution in [0.3, 0.4) is 0 Å². The van der Waals surface area contributed by atoms with Crippen LogP contribution in [-0.4, -0.2) is 36.9 Å². The molecule has 1 saturated heterocycles. The maximum Gasteiger partial charge on any atom is 0.338 e. The van der Waals surface area contributed by atoms with Crippen molar-refractivity contribution >= 4 is 17.3 Å². The first-order valence-electron chi connectivity index (χ1n) is 4.72. The second kappa shape index (κ2) is 3.92. The first-order chi connectivity index (χ1) is 7.13. The molecule has 1 aromatic rings. The van der Waals surface area contributed by atoms with E-state index in [-0.39, 0.29) is 5.97 Å². The van der Waals surface area contributed by atoms with E-state index in [2.05, 4.69) is 10.1 Å². The molecule has 0 saturated carbocycles. The summed E-state index contributed by atoms with van der Waals surface area (Å²) in [6.45, 7) is 1.25. The van der Waals surface area contributed by atoms with E-state index in [9.17, 15) is 9.90 Å². The van der Waals surface area contributed by atoms with E-state index < -0.39 is 5.60 Å². The summed E-state index contributed by atoms with van der Waals surface area (Å²) in [4.78, 5) is 12.2. The van der Waals surface area contributed by atoms with Crippen LogP contribution in [0.25, 0.3) is 0 Å². The molecule has 0 aromatic carbocycles. The fraction of sp³-hybridized carbons (Fsp3) is 0.500. The molecule has 5 heteroatoms. The number of ether oxygens (including phenoxy) is 1. The van der Waals surface area contributed by atoms with Crippen LogP contribution < -0.4 is 5.32 Å². The summed E-state index contributed by atoms with van der Waals surface area (Å²) in [5, 5.41) is 14.7. The predicted molar refractivity (Wildman–Crippen MR) is 57.2 cm³/mol. The average molecular weight is 227 g/mol. The average Bonchev–Trinajstić information content (AvgIpc) is 2.62. The molecule has 0 unspecified atom stereocenters. The number of carbonyl (C=O) groups excluding carboxylic acids is 1. The van der Waals surface area contributed by atoms with Crippen LogP contribution in [-0.2, 0) is 11.2 Å². The molecule has 0 atom stereocenters. The number of esters is 1. The van der Waals surface area contributed by atoms with Gasteiger partial charge >= 0.3 is 5.97 Å². The normalized spacial score (nSPS) is 18.3. The van der Waals surface area contributed by atoms with Gasteiger partial charge in [-0.1, -0.05) is 0 Å². The molecule has 0 spiro atoms. The third kappa shape index (κ3) is 2.19. The Kier molecular flexibility index (Phi) is 2.77. The Hall–Kier alpha value is -0.910. The van der Waals surface area contributed by atoms with Crippen LogP contribution in [0.15, 0.2) is 11.4 Å². The Labute approximate surface area is 91.9 Å². The number of aliphatic hydroxyl groups is 1. The van der Waals surface area contributed by atoms with E-state index in [4.69, 9.17) is 0 Å². The Morgan fingerprint density at radius 3 is 3.00 bits per heavy atom. The molecule has 0 bridgehead atoms. The second-order valence-corrected chi connectivity index (χ2v) is 4.79. The van der Waals surface area contributed by atoms with Gasteiger partial charge < -0.3 is 15.2 Å². The van der Waals surface area contributed by atoms with Crippen LogP contribution in [0.1, 0.15) is 15.2 Å². The van der Waals surface area contributed by atoms with Gasteiger partial charge in [-0.25, -0.2) is 4.79 Å². The number of nitrogens with one attached hydrogen (secondary N) is 1. The Bertz CT molecular complexity index is 370. The summed E-state index contributed by atoms with van der Waals surface area (Å²) < 4.78 is 4.61. The Morgan fingerprint density at radius 1 is 1.73 bits per heavy atom. The van der Waals surface area contributed by atoms with Gasteiger partial charge in [-0.3, -0.25) is 0 Å². The standard InChI is InChI=1S/C10H13NO3S/c1-14-9(12)7-2-8(15-4-7)3-10(13)5-11-6-10/h2,4,11,13H,3,5-6H2,1H3. The topological polar surface area (TPSA) is 58.6 Å². The van der Waals surface area contributed by atoms with Gasteiger partial charge in [0.05, 0.1) is 18.3 Å². The number of carbonyl (C=O) groups is 1. The van der Waals surface area contributed by atoms with Crippen molar-refractivity contribution in [1.82, 2.24) is 5.32 Å². The molecular weight excluding hydrogens is 214 g/mol. The minimum absolute atomic E-state index is 0.323. The SMILES string of the molecule is COC(=O)c1csc(CC2(O)CNC2)c1. The van der Waals surface area contributed by atoms with E-state index in [1.54, 1.807) is 11.4 Å². The molecule has 4 nitrogen and oxygen atoms in total. The van der Waals surface area contributed by atoms with Crippen LogP contribution in [0.2, 0.25) is 0 Å². The summed E-state index contributed by atoms with van der Waals surface area (Å²) in [7, 11) is 1.36.